The highest BCUT2D eigenvalue weighted by molar-refractivity contribution is 6.02. The van der Waals surface area contributed by atoms with E-state index in [0.717, 1.165) is 23.3 Å². The molecule has 0 aliphatic carbocycles. The fourth-order valence-corrected chi connectivity index (χ4v) is 2.56. The van der Waals surface area contributed by atoms with Crippen LogP contribution in [0.25, 0.3) is 0 Å². The smallest absolute Gasteiger partial charge is 0.259 e. The minimum absolute atomic E-state index is 0.0114. The van der Waals surface area contributed by atoms with Crippen LogP contribution in [0, 0.1) is 5.41 Å². The van der Waals surface area contributed by atoms with Gasteiger partial charge in [0.15, 0.2) is 0 Å². The maximum atomic E-state index is 12.6. The summed E-state index contributed by atoms with van der Waals surface area (Å²) in [5.41, 5.74) is 1.74. The van der Waals surface area contributed by atoms with Gasteiger partial charge in [-0.2, -0.15) is 0 Å². The Morgan fingerprint density at radius 1 is 1.35 bits per heavy atom. The third-order valence-corrected chi connectivity index (χ3v) is 4.14. The second-order valence-corrected chi connectivity index (χ2v) is 6.87. The summed E-state index contributed by atoms with van der Waals surface area (Å²) in [6.45, 7) is 7.52. The Morgan fingerprint density at radius 2 is 2.09 bits per heavy atom. The first-order chi connectivity index (χ1) is 10.9. The molecule has 0 saturated carbocycles. The van der Waals surface area contributed by atoms with Crippen molar-refractivity contribution in [3.8, 4) is 5.75 Å². The molecule has 1 heterocycles. The van der Waals surface area contributed by atoms with Gasteiger partial charge in [0, 0.05) is 19.2 Å². The predicted octanol–water partition coefficient (Wildman–Crippen LogP) is 2.78. The van der Waals surface area contributed by atoms with Crippen LogP contribution in [-0.2, 0) is 11.2 Å². The van der Waals surface area contributed by atoms with Crippen LogP contribution in [0.15, 0.2) is 23.2 Å². The summed E-state index contributed by atoms with van der Waals surface area (Å²) in [5.74, 6) is 0.772. The first-order valence-electron chi connectivity index (χ1n) is 7.87. The van der Waals surface area contributed by atoms with Crippen LogP contribution >= 0.6 is 0 Å². The number of fused-ring (bicyclic) bond motifs is 1. The van der Waals surface area contributed by atoms with Crippen molar-refractivity contribution in [2.75, 3.05) is 27.4 Å². The van der Waals surface area contributed by atoms with Gasteiger partial charge in [0.2, 0.25) is 0 Å². The molecule has 1 aromatic rings. The molecule has 1 atom stereocenters. The molecule has 2 rings (SSSR count). The van der Waals surface area contributed by atoms with Gasteiger partial charge in [-0.25, -0.2) is 0 Å². The van der Waals surface area contributed by atoms with Gasteiger partial charge in [0.25, 0.3) is 5.91 Å². The topological polar surface area (TPSA) is 51.1 Å². The number of nitrogens with zero attached hydrogens (tertiary/aromatic N) is 2. The number of hydrogen-bond acceptors (Lipinski definition) is 4. The lowest BCUT2D eigenvalue weighted by molar-refractivity contribution is 0.0837. The Kier molecular flexibility index (Phi) is 5.42. The van der Waals surface area contributed by atoms with E-state index in [2.05, 4.69) is 25.8 Å². The van der Waals surface area contributed by atoms with Crippen molar-refractivity contribution in [3.63, 3.8) is 0 Å². The van der Waals surface area contributed by atoms with E-state index < -0.39 is 0 Å². The van der Waals surface area contributed by atoms with Gasteiger partial charge in [-0.05, 0) is 35.6 Å². The Labute approximate surface area is 138 Å². The molecular formula is C18H26N2O3. The van der Waals surface area contributed by atoms with Gasteiger partial charge in [-0.15, -0.1) is 0 Å². The van der Waals surface area contributed by atoms with Crippen molar-refractivity contribution in [1.82, 2.24) is 4.90 Å². The Bertz CT molecular complexity index is 590. The molecule has 23 heavy (non-hydrogen) atoms. The SMILES string of the molecule is COC[C@@H](N=CN1CCc2cc(OC)ccc2C1=O)C(C)(C)C. The molecule has 1 amide bonds. The first kappa shape index (κ1) is 17.5. The third kappa shape index (κ3) is 4.10. The quantitative estimate of drug-likeness (QED) is 0.619. The zero-order valence-electron chi connectivity index (χ0n) is 14.6. The summed E-state index contributed by atoms with van der Waals surface area (Å²) in [6, 6.07) is 5.59. The summed E-state index contributed by atoms with van der Waals surface area (Å²) in [7, 11) is 3.30. The normalized spacial score (nSPS) is 16.6. The molecule has 0 unspecified atom stereocenters. The third-order valence-electron chi connectivity index (χ3n) is 4.14. The fraction of sp³-hybridized carbons (Fsp3) is 0.556. The molecule has 1 aliphatic rings. The molecule has 0 bridgehead atoms. The predicted molar refractivity (Wildman–Crippen MR) is 91.3 cm³/mol. The second kappa shape index (κ2) is 7.13. The minimum atomic E-state index is -0.0172. The molecular weight excluding hydrogens is 292 g/mol. The van der Waals surface area contributed by atoms with E-state index in [1.807, 2.05) is 18.2 Å². The number of amides is 1. The van der Waals surface area contributed by atoms with Crippen LogP contribution < -0.4 is 4.74 Å². The lowest BCUT2D eigenvalue weighted by Gasteiger charge is -2.29. The van der Waals surface area contributed by atoms with Gasteiger partial charge in [-0.1, -0.05) is 20.8 Å². The van der Waals surface area contributed by atoms with Crippen molar-refractivity contribution in [3.05, 3.63) is 29.3 Å². The summed E-state index contributed by atoms with van der Waals surface area (Å²) in [4.78, 5) is 18.9. The van der Waals surface area contributed by atoms with Crippen molar-refractivity contribution in [1.29, 1.82) is 0 Å². The van der Waals surface area contributed by atoms with E-state index in [1.165, 1.54) is 0 Å². The minimum Gasteiger partial charge on any atom is -0.497 e. The molecule has 0 radical (unpaired) electrons. The lowest BCUT2D eigenvalue weighted by Crippen LogP contribution is -2.38. The summed E-state index contributed by atoms with van der Waals surface area (Å²) in [6.07, 6.45) is 2.47. The monoisotopic (exact) mass is 318 g/mol. The molecule has 0 fully saturated rings. The molecule has 5 heteroatoms. The van der Waals surface area contributed by atoms with Gasteiger partial charge in [0.1, 0.15) is 5.75 Å². The average molecular weight is 318 g/mol. The zero-order chi connectivity index (χ0) is 17.0. The van der Waals surface area contributed by atoms with Crippen LogP contribution in [0.2, 0.25) is 0 Å². The number of aliphatic imine (C=N–C) groups is 1. The second-order valence-electron chi connectivity index (χ2n) is 6.87. The van der Waals surface area contributed by atoms with Gasteiger partial charge < -0.3 is 9.47 Å². The molecule has 5 nitrogen and oxygen atoms in total. The fourth-order valence-electron chi connectivity index (χ4n) is 2.56. The molecule has 126 valence electrons. The van der Waals surface area contributed by atoms with E-state index in [1.54, 1.807) is 25.5 Å². The van der Waals surface area contributed by atoms with Crippen LogP contribution in [-0.4, -0.2) is 50.6 Å². The van der Waals surface area contributed by atoms with Crippen LogP contribution in [0.4, 0.5) is 0 Å². The van der Waals surface area contributed by atoms with Crippen LogP contribution in [0.1, 0.15) is 36.7 Å². The van der Waals surface area contributed by atoms with Crippen molar-refractivity contribution >= 4 is 12.2 Å². The van der Waals surface area contributed by atoms with Crippen LogP contribution in [0.5, 0.6) is 5.75 Å². The van der Waals surface area contributed by atoms with E-state index in [0.29, 0.717) is 13.2 Å². The molecule has 1 aliphatic heterocycles. The van der Waals surface area contributed by atoms with E-state index in [-0.39, 0.29) is 17.4 Å². The van der Waals surface area contributed by atoms with Crippen molar-refractivity contribution < 1.29 is 14.3 Å². The molecule has 0 saturated heterocycles. The number of methoxy groups -OCH3 is 2. The molecule has 0 aromatic heterocycles. The number of carbonyl (C=O) groups is 1. The van der Waals surface area contributed by atoms with Crippen molar-refractivity contribution in [2.45, 2.75) is 33.2 Å². The molecule has 0 spiro atoms. The van der Waals surface area contributed by atoms with Gasteiger partial charge >= 0.3 is 0 Å². The maximum absolute atomic E-state index is 12.6. The number of benzene rings is 1. The number of hydrogen-bond donors (Lipinski definition) is 0. The van der Waals surface area contributed by atoms with E-state index in [4.69, 9.17) is 9.47 Å². The molecule has 1 aromatic carbocycles. The largest absolute Gasteiger partial charge is 0.497 e. The molecule has 0 N–H and O–H groups in total. The Hall–Kier alpha value is -1.88. The number of carbonyl (C=O) groups excluding carboxylic acids is 1. The highest BCUT2D eigenvalue weighted by Crippen LogP contribution is 2.25. The van der Waals surface area contributed by atoms with Gasteiger partial charge in [0.05, 0.1) is 26.1 Å². The lowest BCUT2D eigenvalue weighted by atomic mass is 9.88. The summed E-state index contributed by atoms with van der Waals surface area (Å²) < 4.78 is 10.5. The highest BCUT2D eigenvalue weighted by Gasteiger charge is 2.26. The summed E-state index contributed by atoms with van der Waals surface area (Å²) in [5, 5.41) is 0. The zero-order valence-corrected chi connectivity index (χ0v) is 14.6. The highest BCUT2D eigenvalue weighted by atomic mass is 16.5. The van der Waals surface area contributed by atoms with Crippen molar-refractivity contribution in [2.24, 2.45) is 10.4 Å². The van der Waals surface area contributed by atoms with E-state index >= 15 is 0 Å². The average Bonchev–Trinajstić information content (AvgIpc) is 2.51. The summed E-state index contributed by atoms with van der Waals surface area (Å²) >= 11 is 0. The number of ether oxygens (including phenoxy) is 2. The van der Waals surface area contributed by atoms with Gasteiger partial charge in [-0.3, -0.25) is 14.7 Å². The first-order valence-corrected chi connectivity index (χ1v) is 7.87. The standard InChI is InChI=1S/C18H26N2O3/c1-18(2,3)16(11-22-4)19-12-20-9-8-13-10-14(23-5)6-7-15(13)17(20)21/h6-7,10,12,16H,8-9,11H2,1-5H3/t16-/m1/s1. The van der Waals surface area contributed by atoms with Crippen LogP contribution in [0.3, 0.4) is 0 Å². The Balaban J connectivity index is 2.16. The van der Waals surface area contributed by atoms with E-state index in [9.17, 15) is 4.79 Å². The number of rotatable bonds is 5. The Morgan fingerprint density at radius 3 is 2.70 bits per heavy atom. The maximum Gasteiger partial charge on any atom is 0.259 e.